The molecule has 22 heavy (non-hydrogen) atoms. The smallest absolute Gasteiger partial charge is 0.351 e. The molecule has 0 aliphatic heterocycles. The highest BCUT2D eigenvalue weighted by atomic mass is 31.2. The second-order valence-corrected chi connectivity index (χ2v) is 6.84. The molecule has 1 saturated carbocycles. The molecule has 0 bridgehead atoms. The fourth-order valence-corrected chi connectivity index (χ4v) is 2.65. The minimum absolute atomic E-state index is 0.0621. The number of nitrogen functional groups attached to an aromatic ring is 1. The molecule has 1 aliphatic rings. The van der Waals surface area contributed by atoms with E-state index in [1.54, 1.807) is 10.9 Å². The van der Waals surface area contributed by atoms with Crippen LogP contribution in [0.5, 0.6) is 5.88 Å². The van der Waals surface area contributed by atoms with Gasteiger partial charge in [0.1, 0.15) is 6.35 Å². The molecule has 4 N–H and O–H groups in total. The molecule has 0 aromatic carbocycles. The van der Waals surface area contributed by atoms with Crippen LogP contribution in [0.4, 0.5) is 5.95 Å². The van der Waals surface area contributed by atoms with E-state index in [0.717, 1.165) is 0 Å². The number of hydrogen-bond acceptors (Lipinski definition) is 7. The second kappa shape index (κ2) is 5.17. The van der Waals surface area contributed by atoms with Crippen molar-refractivity contribution in [1.82, 2.24) is 19.5 Å². The minimum Gasteiger partial charge on any atom is -0.479 e. The Morgan fingerprint density at radius 3 is 2.77 bits per heavy atom. The van der Waals surface area contributed by atoms with E-state index in [1.165, 1.54) is 7.11 Å². The Bertz CT molecular complexity index is 753. The number of nitrogens with two attached hydrogens (primary N) is 1. The van der Waals surface area contributed by atoms with Gasteiger partial charge >= 0.3 is 7.60 Å². The van der Waals surface area contributed by atoms with Crippen LogP contribution in [0.2, 0.25) is 0 Å². The van der Waals surface area contributed by atoms with Crippen molar-refractivity contribution < 1.29 is 23.8 Å². The first-order valence-electron chi connectivity index (χ1n) is 6.53. The first kappa shape index (κ1) is 15.2. The zero-order chi connectivity index (χ0) is 16.0. The number of methoxy groups -OCH3 is 1. The average Bonchev–Trinajstić information content (AvgIpc) is 3.10. The Hall–Kier alpha value is -1.74. The molecule has 0 saturated heterocycles. The summed E-state index contributed by atoms with van der Waals surface area (Å²) in [6.07, 6.45) is 2.39. The predicted octanol–water partition coefficient (Wildman–Crippen LogP) is 0.101. The zero-order valence-electron chi connectivity index (χ0n) is 11.8. The first-order chi connectivity index (χ1) is 10.3. The number of fused-ring (bicyclic) bond motifs is 1. The molecule has 3 rings (SSSR count). The van der Waals surface area contributed by atoms with E-state index in [0.29, 0.717) is 30.6 Å². The molecular weight excluding hydrogens is 313 g/mol. The van der Waals surface area contributed by atoms with E-state index < -0.39 is 19.5 Å². The summed E-state index contributed by atoms with van der Waals surface area (Å²) in [5.74, 6) is 0.342. The number of anilines is 1. The number of hydrogen-bond donors (Lipinski definition) is 3. The highest BCUT2D eigenvalue weighted by Gasteiger charge is 2.46. The van der Waals surface area contributed by atoms with Crippen LogP contribution in [-0.2, 0) is 15.8 Å². The fourth-order valence-electron chi connectivity index (χ4n) is 2.21. The summed E-state index contributed by atoms with van der Waals surface area (Å²) in [7, 11) is -2.73. The predicted molar refractivity (Wildman–Crippen MR) is 76.2 cm³/mol. The quantitative estimate of drug-likeness (QED) is 0.628. The maximum atomic E-state index is 10.9. The van der Waals surface area contributed by atoms with Crippen LogP contribution in [0.3, 0.4) is 0 Å². The van der Waals surface area contributed by atoms with Crippen LogP contribution in [-0.4, -0.2) is 48.4 Å². The molecule has 1 fully saturated rings. The topological polar surface area (TPSA) is 146 Å². The van der Waals surface area contributed by atoms with Gasteiger partial charge in [-0.05, 0) is 12.8 Å². The zero-order valence-corrected chi connectivity index (χ0v) is 12.7. The van der Waals surface area contributed by atoms with Crippen molar-refractivity contribution in [3.63, 3.8) is 0 Å². The minimum atomic E-state index is -4.19. The highest BCUT2D eigenvalue weighted by Crippen LogP contribution is 2.46. The van der Waals surface area contributed by atoms with Crippen LogP contribution in [0.1, 0.15) is 12.8 Å². The van der Waals surface area contributed by atoms with Gasteiger partial charge in [0, 0.05) is 0 Å². The lowest BCUT2D eigenvalue weighted by atomic mass is 10.3. The van der Waals surface area contributed by atoms with Gasteiger partial charge in [-0.25, -0.2) is 4.98 Å². The molecule has 2 heterocycles. The van der Waals surface area contributed by atoms with Crippen molar-refractivity contribution in [2.75, 3.05) is 19.2 Å². The van der Waals surface area contributed by atoms with Gasteiger partial charge < -0.3 is 29.6 Å². The summed E-state index contributed by atoms with van der Waals surface area (Å²) in [6.45, 7) is 0.378. The van der Waals surface area contributed by atoms with Gasteiger partial charge in [-0.1, -0.05) is 0 Å². The molecule has 11 heteroatoms. The van der Waals surface area contributed by atoms with Gasteiger partial charge in [-0.2, -0.15) is 9.97 Å². The van der Waals surface area contributed by atoms with E-state index in [-0.39, 0.29) is 11.8 Å². The maximum Gasteiger partial charge on any atom is 0.351 e. The standard InChI is InChI=1S/C11H16N5O5P/c1-20-9-7-8(14-10(12)15-9)16(5-13-7)4-11(2-3-11)21-6-22(17,18)19/h5H,2-4,6H2,1H3,(H2,12,14,15)(H2,17,18,19). The largest absolute Gasteiger partial charge is 0.479 e. The van der Waals surface area contributed by atoms with Crippen molar-refractivity contribution in [2.24, 2.45) is 0 Å². The number of aromatic nitrogens is 4. The van der Waals surface area contributed by atoms with Crippen molar-refractivity contribution >= 4 is 24.7 Å². The summed E-state index contributed by atoms with van der Waals surface area (Å²) < 4.78 is 23.2. The molecule has 2 aromatic heterocycles. The van der Waals surface area contributed by atoms with Crippen molar-refractivity contribution in [2.45, 2.75) is 25.0 Å². The third-order valence-corrected chi connectivity index (χ3v) is 3.91. The van der Waals surface area contributed by atoms with Crippen LogP contribution in [0.15, 0.2) is 6.33 Å². The van der Waals surface area contributed by atoms with Crippen LogP contribution < -0.4 is 10.5 Å². The molecule has 0 unspecified atom stereocenters. The third kappa shape index (κ3) is 3.05. The van der Waals surface area contributed by atoms with E-state index >= 15 is 0 Å². The molecule has 0 atom stereocenters. The van der Waals surface area contributed by atoms with E-state index in [2.05, 4.69) is 15.0 Å². The molecular formula is C11H16N5O5P. The van der Waals surface area contributed by atoms with Crippen molar-refractivity contribution in [3.8, 4) is 5.88 Å². The number of rotatable bonds is 6. The number of ether oxygens (including phenoxy) is 2. The van der Waals surface area contributed by atoms with Gasteiger partial charge in [0.05, 0.1) is 25.6 Å². The SMILES string of the molecule is COc1nc(N)nc2c1ncn2CC1(OCP(=O)(O)O)CC1. The van der Waals surface area contributed by atoms with Gasteiger partial charge in [0.2, 0.25) is 11.8 Å². The Morgan fingerprint density at radius 1 is 1.45 bits per heavy atom. The summed E-state index contributed by atoms with van der Waals surface area (Å²) in [4.78, 5) is 30.1. The van der Waals surface area contributed by atoms with Gasteiger partial charge in [-0.15, -0.1) is 0 Å². The van der Waals surface area contributed by atoms with Crippen molar-refractivity contribution in [3.05, 3.63) is 6.33 Å². The fraction of sp³-hybridized carbons (Fsp3) is 0.545. The molecule has 0 radical (unpaired) electrons. The number of nitrogens with zero attached hydrogens (tertiary/aromatic N) is 4. The summed E-state index contributed by atoms with van der Waals surface area (Å²) in [5.41, 5.74) is 6.02. The second-order valence-electron chi connectivity index (χ2n) is 5.26. The lowest BCUT2D eigenvalue weighted by Gasteiger charge is -2.17. The summed E-state index contributed by atoms with van der Waals surface area (Å²) in [6, 6.07) is 0. The highest BCUT2D eigenvalue weighted by molar-refractivity contribution is 7.51. The first-order valence-corrected chi connectivity index (χ1v) is 8.33. The van der Waals surface area contributed by atoms with E-state index in [9.17, 15) is 4.57 Å². The Labute approximate surface area is 125 Å². The molecule has 1 aliphatic carbocycles. The van der Waals surface area contributed by atoms with E-state index in [4.69, 9.17) is 25.0 Å². The van der Waals surface area contributed by atoms with Crippen LogP contribution in [0.25, 0.3) is 11.2 Å². The summed E-state index contributed by atoms with van der Waals surface area (Å²) >= 11 is 0. The molecule has 0 spiro atoms. The molecule has 10 nitrogen and oxygen atoms in total. The summed E-state index contributed by atoms with van der Waals surface area (Å²) in [5, 5.41) is 0. The molecule has 0 amide bonds. The van der Waals surface area contributed by atoms with Gasteiger partial charge in [0.25, 0.3) is 0 Å². The van der Waals surface area contributed by atoms with Gasteiger partial charge in [-0.3, -0.25) is 4.57 Å². The van der Waals surface area contributed by atoms with Crippen LogP contribution in [0, 0.1) is 0 Å². The lowest BCUT2D eigenvalue weighted by molar-refractivity contribution is 0.0417. The Kier molecular flexibility index (Phi) is 3.56. The van der Waals surface area contributed by atoms with Gasteiger partial charge in [0.15, 0.2) is 11.2 Å². The van der Waals surface area contributed by atoms with E-state index in [1.807, 2.05) is 0 Å². The normalized spacial score (nSPS) is 16.9. The monoisotopic (exact) mass is 329 g/mol. The average molecular weight is 329 g/mol. The van der Waals surface area contributed by atoms with Crippen LogP contribution >= 0.6 is 7.60 Å². The Morgan fingerprint density at radius 2 is 2.18 bits per heavy atom. The van der Waals surface area contributed by atoms with Crippen molar-refractivity contribution in [1.29, 1.82) is 0 Å². The lowest BCUT2D eigenvalue weighted by Crippen LogP contribution is -2.22. The number of imidazole rings is 1. The molecule has 2 aromatic rings. The third-order valence-electron chi connectivity index (χ3n) is 3.45. The Balaban J connectivity index is 1.85. The maximum absolute atomic E-state index is 10.9. The molecule has 120 valence electrons.